The van der Waals surface area contributed by atoms with E-state index in [9.17, 15) is 9.18 Å². The SMILES string of the molecule is O=C(O)c1ccc(NC2CC3CCC2O3)c(F)c1Br. The van der Waals surface area contributed by atoms with E-state index >= 15 is 0 Å². The first-order valence-electron chi connectivity index (χ1n) is 6.19. The third-order valence-electron chi connectivity index (χ3n) is 3.76. The Hall–Kier alpha value is -1.14. The molecule has 2 saturated heterocycles. The van der Waals surface area contributed by atoms with Crippen LogP contribution >= 0.6 is 15.9 Å². The number of rotatable bonds is 3. The number of hydrogen-bond donors (Lipinski definition) is 2. The average Bonchev–Trinajstić information content (AvgIpc) is 2.97. The van der Waals surface area contributed by atoms with Crippen molar-refractivity contribution in [1.29, 1.82) is 0 Å². The Labute approximate surface area is 118 Å². The van der Waals surface area contributed by atoms with Gasteiger partial charge in [-0.05, 0) is 47.3 Å². The van der Waals surface area contributed by atoms with Gasteiger partial charge in [-0.25, -0.2) is 9.18 Å². The second kappa shape index (κ2) is 4.76. The lowest BCUT2D eigenvalue weighted by Gasteiger charge is -2.22. The van der Waals surface area contributed by atoms with Crippen LogP contribution in [-0.4, -0.2) is 29.3 Å². The first kappa shape index (κ1) is 12.9. The highest BCUT2D eigenvalue weighted by Gasteiger charge is 2.41. The Kier molecular flexibility index (Phi) is 3.22. The summed E-state index contributed by atoms with van der Waals surface area (Å²) in [6, 6.07) is 2.97. The van der Waals surface area contributed by atoms with Crippen LogP contribution in [0.5, 0.6) is 0 Å². The summed E-state index contributed by atoms with van der Waals surface area (Å²) in [6.07, 6.45) is 3.38. The van der Waals surface area contributed by atoms with E-state index in [0.717, 1.165) is 19.3 Å². The molecule has 3 rings (SSSR count). The highest BCUT2D eigenvalue weighted by atomic mass is 79.9. The third-order valence-corrected chi connectivity index (χ3v) is 4.53. The van der Waals surface area contributed by atoms with Crippen LogP contribution < -0.4 is 5.32 Å². The fourth-order valence-corrected chi connectivity index (χ4v) is 3.33. The average molecular weight is 330 g/mol. The zero-order chi connectivity index (χ0) is 13.6. The Morgan fingerprint density at radius 1 is 1.47 bits per heavy atom. The van der Waals surface area contributed by atoms with Gasteiger partial charge >= 0.3 is 5.97 Å². The van der Waals surface area contributed by atoms with Gasteiger partial charge in [-0.2, -0.15) is 0 Å². The fourth-order valence-electron chi connectivity index (χ4n) is 2.82. The minimum absolute atomic E-state index is 0.0194. The van der Waals surface area contributed by atoms with Crippen LogP contribution in [-0.2, 0) is 4.74 Å². The number of ether oxygens (including phenoxy) is 1. The first-order valence-corrected chi connectivity index (χ1v) is 6.99. The molecule has 102 valence electrons. The molecule has 2 heterocycles. The first-order chi connectivity index (χ1) is 9.06. The summed E-state index contributed by atoms with van der Waals surface area (Å²) in [5.41, 5.74) is 0.241. The highest BCUT2D eigenvalue weighted by Crippen LogP contribution is 2.37. The number of hydrogen-bond acceptors (Lipinski definition) is 3. The van der Waals surface area contributed by atoms with Crippen molar-refractivity contribution < 1.29 is 19.0 Å². The molecule has 0 amide bonds. The monoisotopic (exact) mass is 329 g/mol. The van der Waals surface area contributed by atoms with Crippen LogP contribution in [0.3, 0.4) is 0 Å². The highest BCUT2D eigenvalue weighted by molar-refractivity contribution is 9.10. The predicted molar refractivity (Wildman–Crippen MR) is 71.0 cm³/mol. The number of halogens is 2. The molecule has 6 heteroatoms. The number of carboxylic acids is 1. The summed E-state index contributed by atoms with van der Waals surface area (Å²) >= 11 is 2.99. The van der Waals surface area contributed by atoms with Crippen LogP contribution in [0.1, 0.15) is 29.6 Å². The summed E-state index contributed by atoms with van der Waals surface area (Å²) in [5, 5.41) is 12.0. The Morgan fingerprint density at radius 2 is 2.26 bits per heavy atom. The molecule has 3 unspecified atom stereocenters. The van der Waals surface area contributed by atoms with E-state index in [2.05, 4.69) is 21.2 Å². The molecule has 3 atom stereocenters. The number of fused-ring (bicyclic) bond motifs is 2. The molecule has 0 aromatic heterocycles. The molecule has 2 N–H and O–H groups in total. The topological polar surface area (TPSA) is 58.6 Å². The molecular formula is C13H13BrFNO3. The lowest BCUT2D eigenvalue weighted by Crippen LogP contribution is -2.30. The van der Waals surface area contributed by atoms with Gasteiger partial charge in [0.25, 0.3) is 0 Å². The quantitative estimate of drug-likeness (QED) is 0.894. The van der Waals surface area contributed by atoms with Crippen molar-refractivity contribution in [2.24, 2.45) is 0 Å². The second-order valence-electron chi connectivity index (χ2n) is 4.95. The summed E-state index contributed by atoms with van der Waals surface area (Å²) in [5.74, 6) is -1.72. The van der Waals surface area contributed by atoms with E-state index in [-0.39, 0.29) is 28.3 Å². The molecule has 2 aliphatic rings. The molecule has 4 nitrogen and oxygen atoms in total. The molecule has 2 aliphatic heterocycles. The zero-order valence-corrected chi connectivity index (χ0v) is 11.6. The second-order valence-corrected chi connectivity index (χ2v) is 5.75. The molecule has 2 bridgehead atoms. The van der Waals surface area contributed by atoms with Crippen LogP contribution in [0, 0.1) is 5.82 Å². The summed E-state index contributed by atoms with van der Waals surface area (Å²) in [7, 11) is 0. The van der Waals surface area contributed by atoms with E-state index in [0.29, 0.717) is 5.69 Å². The maximum absolute atomic E-state index is 14.1. The van der Waals surface area contributed by atoms with Gasteiger partial charge in [0.2, 0.25) is 0 Å². The van der Waals surface area contributed by atoms with E-state index in [1.165, 1.54) is 12.1 Å². The number of carboxylic acid groups (broad SMARTS) is 1. The lowest BCUT2D eigenvalue weighted by molar-refractivity contribution is 0.0695. The maximum Gasteiger partial charge on any atom is 0.336 e. The number of anilines is 1. The van der Waals surface area contributed by atoms with Crippen molar-refractivity contribution in [2.45, 2.75) is 37.5 Å². The number of carbonyl (C=O) groups is 1. The van der Waals surface area contributed by atoms with E-state index in [1.54, 1.807) is 0 Å². The van der Waals surface area contributed by atoms with Gasteiger partial charge < -0.3 is 15.2 Å². The molecule has 0 aliphatic carbocycles. The van der Waals surface area contributed by atoms with Gasteiger partial charge in [0.1, 0.15) is 0 Å². The Balaban J connectivity index is 1.82. The van der Waals surface area contributed by atoms with Gasteiger partial charge in [-0.15, -0.1) is 0 Å². The van der Waals surface area contributed by atoms with Crippen molar-refractivity contribution in [1.82, 2.24) is 0 Å². The molecule has 2 fully saturated rings. The summed E-state index contributed by atoms with van der Waals surface area (Å²) in [6.45, 7) is 0. The van der Waals surface area contributed by atoms with E-state index in [1.807, 2.05) is 0 Å². The van der Waals surface area contributed by atoms with Gasteiger partial charge in [0, 0.05) is 0 Å². The summed E-state index contributed by atoms with van der Waals surface area (Å²) in [4.78, 5) is 10.9. The minimum atomic E-state index is -1.15. The van der Waals surface area contributed by atoms with Crippen molar-refractivity contribution in [3.05, 3.63) is 28.0 Å². The van der Waals surface area contributed by atoms with Crippen molar-refractivity contribution in [2.75, 3.05) is 5.32 Å². The van der Waals surface area contributed by atoms with Crippen molar-refractivity contribution in [3.8, 4) is 0 Å². The van der Waals surface area contributed by atoms with Crippen molar-refractivity contribution >= 4 is 27.6 Å². The lowest BCUT2D eigenvalue weighted by atomic mass is 9.95. The minimum Gasteiger partial charge on any atom is -0.478 e. The maximum atomic E-state index is 14.1. The fraction of sp³-hybridized carbons (Fsp3) is 0.462. The predicted octanol–water partition coefficient (Wildman–Crippen LogP) is 3.02. The van der Waals surface area contributed by atoms with Gasteiger partial charge in [-0.3, -0.25) is 0 Å². The third kappa shape index (κ3) is 2.23. The van der Waals surface area contributed by atoms with Crippen LogP contribution in [0.25, 0.3) is 0 Å². The normalized spacial score (nSPS) is 28.6. The van der Waals surface area contributed by atoms with E-state index < -0.39 is 11.8 Å². The smallest absolute Gasteiger partial charge is 0.336 e. The zero-order valence-electron chi connectivity index (χ0n) is 10.0. The van der Waals surface area contributed by atoms with E-state index in [4.69, 9.17) is 9.84 Å². The van der Waals surface area contributed by atoms with Crippen LogP contribution in [0.15, 0.2) is 16.6 Å². The number of nitrogens with one attached hydrogen (secondary N) is 1. The van der Waals surface area contributed by atoms with Crippen molar-refractivity contribution in [3.63, 3.8) is 0 Å². The standard InChI is InChI=1S/C13H13BrFNO3/c14-11-7(13(17)18)2-3-8(12(11)15)16-9-5-6-1-4-10(9)19-6/h2-3,6,9-10,16H,1,4-5H2,(H,17,18). The Bertz CT molecular complexity index is 537. The molecule has 0 spiro atoms. The molecule has 0 radical (unpaired) electrons. The van der Waals surface area contributed by atoms with Gasteiger partial charge in [0.05, 0.1) is 34.0 Å². The number of benzene rings is 1. The summed E-state index contributed by atoms with van der Waals surface area (Å²) < 4.78 is 19.8. The molecular weight excluding hydrogens is 317 g/mol. The molecule has 0 saturated carbocycles. The Morgan fingerprint density at radius 3 is 2.84 bits per heavy atom. The van der Waals surface area contributed by atoms with Gasteiger partial charge in [0.15, 0.2) is 5.82 Å². The van der Waals surface area contributed by atoms with Gasteiger partial charge in [-0.1, -0.05) is 0 Å². The number of aromatic carboxylic acids is 1. The largest absolute Gasteiger partial charge is 0.478 e. The van der Waals surface area contributed by atoms with Crippen LogP contribution in [0.4, 0.5) is 10.1 Å². The molecule has 1 aromatic rings. The molecule has 1 aromatic carbocycles. The van der Waals surface area contributed by atoms with Crippen LogP contribution in [0.2, 0.25) is 0 Å². The molecule has 19 heavy (non-hydrogen) atoms.